The number of amides is 4. The number of nitrogens with one attached hydrogen (secondary N) is 4. The van der Waals surface area contributed by atoms with Gasteiger partial charge in [0, 0.05) is 30.1 Å². The minimum atomic E-state index is -1.30. The number of rotatable bonds is 16. The summed E-state index contributed by atoms with van der Waals surface area (Å²) in [4.78, 5) is 69.1. The van der Waals surface area contributed by atoms with Crippen molar-refractivity contribution in [3.05, 3.63) is 36.0 Å². The summed E-state index contributed by atoms with van der Waals surface area (Å²) in [6.45, 7) is 3.49. The molecule has 2 rings (SSSR count). The molecule has 13 N–H and O–H groups in total. The Morgan fingerprint density at radius 1 is 0.951 bits per heavy atom. The van der Waals surface area contributed by atoms with Crippen LogP contribution in [0.25, 0.3) is 10.9 Å². The molecule has 0 aliphatic rings. The van der Waals surface area contributed by atoms with Crippen molar-refractivity contribution >= 4 is 46.5 Å². The molecule has 1 aromatic heterocycles. The number of aliphatic carboxylic acids is 1. The summed E-state index contributed by atoms with van der Waals surface area (Å²) in [5.74, 6) is -4.83. The minimum Gasteiger partial charge on any atom is -0.480 e. The molecule has 2 aromatic rings. The maximum atomic E-state index is 13.3. The van der Waals surface area contributed by atoms with E-state index in [2.05, 4.69) is 25.9 Å². The van der Waals surface area contributed by atoms with Crippen LogP contribution in [0.3, 0.4) is 0 Å². The normalized spacial score (nSPS) is 14.0. The van der Waals surface area contributed by atoms with Gasteiger partial charge in [-0.25, -0.2) is 4.79 Å². The molecule has 1 heterocycles. The van der Waals surface area contributed by atoms with E-state index in [1.807, 2.05) is 24.3 Å². The van der Waals surface area contributed by atoms with Crippen LogP contribution in [0.15, 0.2) is 35.5 Å². The predicted molar refractivity (Wildman–Crippen MR) is 152 cm³/mol. The van der Waals surface area contributed by atoms with Crippen molar-refractivity contribution in [2.24, 2.45) is 33.8 Å². The smallest absolute Gasteiger partial charge is 0.326 e. The third-order valence-electron chi connectivity index (χ3n) is 6.30. The molecule has 4 amide bonds. The maximum absolute atomic E-state index is 13.3. The number of hydrogen-bond acceptors (Lipinski definition) is 7. The number of carboxylic acid groups (broad SMARTS) is 1. The standard InChI is InChI=1S/C26H39N9O6/c1-13(2)21(35-22(37)16(27)11-20(28)36)24(39)33-18(8-5-9-31-26(29)30)23(38)34-19(25(40)41)10-14-12-32-17-7-4-3-6-15(14)17/h3-4,6-7,12-13,16,18-19,21,32H,5,8-11,27H2,1-2H3,(H2,28,36)(H,33,39)(H,34,38)(H,35,37)(H,40,41)(H4,29,30,31). The van der Waals surface area contributed by atoms with Crippen molar-refractivity contribution in [2.45, 2.75) is 63.7 Å². The number of aromatic nitrogens is 1. The molecule has 4 atom stereocenters. The molecule has 41 heavy (non-hydrogen) atoms. The van der Waals surface area contributed by atoms with Crippen molar-refractivity contribution in [2.75, 3.05) is 6.54 Å². The summed E-state index contributed by atoms with van der Waals surface area (Å²) in [5, 5.41) is 18.3. The number of nitrogens with two attached hydrogens (primary N) is 4. The van der Waals surface area contributed by atoms with Gasteiger partial charge in [0.15, 0.2) is 5.96 Å². The van der Waals surface area contributed by atoms with E-state index in [0.29, 0.717) is 5.56 Å². The zero-order valence-corrected chi connectivity index (χ0v) is 23.1. The van der Waals surface area contributed by atoms with Crippen LogP contribution in [0.2, 0.25) is 0 Å². The molecule has 0 saturated heterocycles. The van der Waals surface area contributed by atoms with Gasteiger partial charge in [-0.3, -0.25) is 24.2 Å². The summed E-state index contributed by atoms with van der Waals surface area (Å²) in [5.41, 5.74) is 23.0. The molecule has 0 saturated carbocycles. The monoisotopic (exact) mass is 573 g/mol. The topological polar surface area (TPSA) is 274 Å². The first-order chi connectivity index (χ1) is 19.3. The Balaban J connectivity index is 2.21. The number of fused-ring (bicyclic) bond motifs is 1. The van der Waals surface area contributed by atoms with Crippen molar-refractivity contribution in [3.8, 4) is 0 Å². The van der Waals surface area contributed by atoms with Gasteiger partial charge in [0.25, 0.3) is 0 Å². The number of nitrogens with zero attached hydrogens (tertiary/aromatic N) is 1. The lowest BCUT2D eigenvalue weighted by Gasteiger charge is -2.27. The molecule has 0 aliphatic carbocycles. The van der Waals surface area contributed by atoms with Gasteiger partial charge < -0.3 is 49.0 Å². The highest BCUT2D eigenvalue weighted by Gasteiger charge is 2.32. The summed E-state index contributed by atoms with van der Waals surface area (Å²) in [6, 6.07) is 2.49. The van der Waals surface area contributed by atoms with E-state index >= 15 is 0 Å². The van der Waals surface area contributed by atoms with Crippen LogP contribution in [0, 0.1) is 5.92 Å². The number of H-pyrrole nitrogens is 1. The molecule has 0 bridgehead atoms. The number of benzene rings is 1. The fourth-order valence-corrected chi connectivity index (χ4v) is 4.13. The van der Waals surface area contributed by atoms with Gasteiger partial charge >= 0.3 is 5.97 Å². The Kier molecular flexibility index (Phi) is 12.1. The Hall–Kier alpha value is -4.66. The molecular weight excluding hydrogens is 534 g/mol. The quantitative estimate of drug-likeness (QED) is 0.0619. The van der Waals surface area contributed by atoms with Gasteiger partial charge in [-0.15, -0.1) is 0 Å². The summed E-state index contributed by atoms with van der Waals surface area (Å²) >= 11 is 0. The third kappa shape index (κ3) is 10.1. The number of primary amides is 1. The highest BCUT2D eigenvalue weighted by molar-refractivity contribution is 5.95. The SMILES string of the molecule is CC(C)C(NC(=O)C(N)CC(N)=O)C(=O)NC(CCCN=C(N)N)C(=O)NC(Cc1c[nH]c2ccccc12)C(=O)O. The second kappa shape index (κ2) is 15.2. The number of aliphatic imine (C=N–C) groups is 1. The maximum Gasteiger partial charge on any atom is 0.326 e. The number of carbonyl (C=O) groups excluding carboxylic acids is 4. The van der Waals surface area contributed by atoms with Gasteiger partial charge in [0.05, 0.1) is 12.5 Å². The van der Waals surface area contributed by atoms with Crippen molar-refractivity contribution in [3.63, 3.8) is 0 Å². The Morgan fingerprint density at radius 3 is 2.22 bits per heavy atom. The van der Waals surface area contributed by atoms with Crippen molar-refractivity contribution in [1.29, 1.82) is 0 Å². The first-order valence-electron chi connectivity index (χ1n) is 13.1. The highest BCUT2D eigenvalue weighted by Crippen LogP contribution is 2.19. The molecule has 0 aliphatic heterocycles. The Morgan fingerprint density at radius 2 is 1.61 bits per heavy atom. The average molecular weight is 574 g/mol. The first kappa shape index (κ1) is 32.6. The minimum absolute atomic E-state index is 0.0117. The van der Waals surface area contributed by atoms with E-state index < -0.39 is 66.1 Å². The molecular formula is C26H39N9O6. The number of para-hydroxylation sites is 1. The number of hydrogen-bond donors (Lipinski definition) is 9. The van der Waals surface area contributed by atoms with Crippen molar-refractivity contribution in [1.82, 2.24) is 20.9 Å². The van der Waals surface area contributed by atoms with Crippen LogP contribution >= 0.6 is 0 Å². The molecule has 4 unspecified atom stereocenters. The average Bonchev–Trinajstić information content (AvgIpc) is 3.30. The summed E-state index contributed by atoms with van der Waals surface area (Å²) in [7, 11) is 0. The zero-order chi connectivity index (χ0) is 30.7. The summed E-state index contributed by atoms with van der Waals surface area (Å²) in [6.07, 6.45) is 1.59. The lowest BCUT2D eigenvalue weighted by Crippen LogP contribution is -2.58. The van der Waals surface area contributed by atoms with E-state index in [1.54, 1.807) is 20.0 Å². The second-order valence-electron chi connectivity index (χ2n) is 9.98. The number of carbonyl (C=O) groups is 5. The fourth-order valence-electron chi connectivity index (χ4n) is 4.13. The lowest BCUT2D eigenvalue weighted by molar-refractivity contribution is -0.142. The van der Waals surface area contributed by atoms with Crippen LogP contribution < -0.4 is 38.9 Å². The largest absolute Gasteiger partial charge is 0.480 e. The van der Waals surface area contributed by atoms with E-state index in [4.69, 9.17) is 22.9 Å². The number of aromatic amines is 1. The molecule has 15 nitrogen and oxygen atoms in total. The van der Waals surface area contributed by atoms with E-state index in [-0.39, 0.29) is 31.8 Å². The van der Waals surface area contributed by atoms with Gasteiger partial charge in [-0.2, -0.15) is 0 Å². The fraction of sp³-hybridized carbons (Fsp3) is 0.462. The third-order valence-corrected chi connectivity index (χ3v) is 6.30. The van der Waals surface area contributed by atoms with Crippen LogP contribution in [0.4, 0.5) is 0 Å². The van der Waals surface area contributed by atoms with E-state index in [1.165, 1.54) is 0 Å². The van der Waals surface area contributed by atoms with Crippen LogP contribution in [0.5, 0.6) is 0 Å². The number of guanidine groups is 1. The number of carboxylic acids is 1. The van der Waals surface area contributed by atoms with Crippen LogP contribution in [0.1, 0.15) is 38.7 Å². The molecule has 0 fully saturated rings. The second-order valence-corrected chi connectivity index (χ2v) is 9.98. The van der Waals surface area contributed by atoms with Gasteiger partial charge in [-0.05, 0) is 30.4 Å². The molecule has 1 aromatic carbocycles. The van der Waals surface area contributed by atoms with Gasteiger partial charge in [0.1, 0.15) is 18.1 Å². The lowest BCUT2D eigenvalue weighted by atomic mass is 10.0. The van der Waals surface area contributed by atoms with Crippen LogP contribution in [-0.4, -0.2) is 76.4 Å². The van der Waals surface area contributed by atoms with Crippen molar-refractivity contribution < 1.29 is 29.1 Å². The van der Waals surface area contributed by atoms with Crippen LogP contribution in [-0.2, 0) is 30.4 Å². The van der Waals surface area contributed by atoms with Gasteiger partial charge in [0.2, 0.25) is 23.6 Å². The molecule has 0 radical (unpaired) electrons. The zero-order valence-electron chi connectivity index (χ0n) is 23.1. The Labute approximate surface area is 236 Å². The molecule has 224 valence electrons. The highest BCUT2D eigenvalue weighted by atomic mass is 16.4. The first-order valence-corrected chi connectivity index (χ1v) is 13.1. The van der Waals surface area contributed by atoms with E-state index in [0.717, 1.165) is 10.9 Å². The Bertz CT molecular complexity index is 1270. The molecule has 15 heteroatoms. The predicted octanol–water partition coefficient (Wildman–Crippen LogP) is -1.84. The van der Waals surface area contributed by atoms with E-state index in [9.17, 15) is 29.1 Å². The molecule has 0 spiro atoms. The van der Waals surface area contributed by atoms with Gasteiger partial charge in [-0.1, -0.05) is 32.0 Å². The summed E-state index contributed by atoms with van der Waals surface area (Å²) < 4.78 is 0.